The Hall–Kier alpha value is -2.04. The van der Waals surface area contributed by atoms with Crippen molar-refractivity contribution in [1.82, 2.24) is 10.2 Å². The number of rotatable bonds is 3. The lowest BCUT2D eigenvalue weighted by molar-refractivity contribution is -0.150. The largest absolute Gasteiger partial charge is 0.481 e. The molecular formula is C16H22N2O3. The maximum Gasteiger partial charge on any atom is 0.317 e. The Morgan fingerprint density at radius 3 is 2.57 bits per heavy atom. The van der Waals surface area contributed by atoms with E-state index >= 15 is 0 Å². The predicted molar refractivity (Wildman–Crippen MR) is 80.0 cm³/mol. The SMILES string of the molecule is Cc1cccc(CNC(=O)N2CCC(C)(C(=O)O)CC2)c1. The van der Waals surface area contributed by atoms with Gasteiger partial charge in [-0.3, -0.25) is 4.79 Å². The van der Waals surface area contributed by atoms with Crippen molar-refractivity contribution < 1.29 is 14.7 Å². The fraction of sp³-hybridized carbons (Fsp3) is 0.500. The summed E-state index contributed by atoms with van der Waals surface area (Å²) in [5, 5.41) is 12.1. The van der Waals surface area contributed by atoms with Gasteiger partial charge in [0.05, 0.1) is 5.41 Å². The van der Waals surface area contributed by atoms with Crippen molar-refractivity contribution in [3.63, 3.8) is 0 Å². The Morgan fingerprint density at radius 1 is 1.33 bits per heavy atom. The van der Waals surface area contributed by atoms with Crippen LogP contribution in [0.4, 0.5) is 4.79 Å². The van der Waals surface area contributed by atoms with Crippen LogP contribution in [0, 0.1) is 12.3 Å². The monoisotopic (exact) mass is 290 g/mol. The van der Waals surface area contributed by atoms with Gasteiger partial charge in [0.2, 0.25) is 0 Å². The number of nitrogens with zero attached hydrogens (tertiary/aromatic N) is 1. The summed E-state index contributed by atoms with van der Waals surface area (Å²) in [6, 6.07) is 7.88. The minimum Gasteiger partial charge on any atom is -0.481 e. The molecule has 114 valence electrons. The summed E-state index contributed by atoms with van der Waals surface area (Å²) in [7, 11) is 0. The Bertz CT molecular complexity index is 534. The quantitative estimate of drug-likeness (QED) is 0.898. The molecule has 0 aromatic heterocycles. The Kier molecular flexibility index (Phi) is 4.50. The van der Waals surface area contributed by atoms with E-state index in [9.17, 15) is 14.7 Å². The van der Waals surface area contributed by atoms with Gasteiger partial charge in [0.25, 0.3) is 0 Å². The number of carbonyl (C=O) groups is 2. The predicted octanol–water partition coefficient (Wildman–Crippen LogP) is 2.39. The van der Waals surface area contributed by atoms with Gasteiger partial charge in [-0.1, -0.05) is 29.8 Å². The first-order chi connectivity index (χ1) is 9.90. The lowest BCUT2D eigenvalue weighted by Crippen LogP contribution is -2.48. The van der Waals surface area contributed by atoms with Crippen molar-refractivity contribution in [3.05, 3.63) is 35.4 Å². The molecule has 1 aromatic rings. The van der Waals surface area contributed by atoms with Crippen LogP contribution in [0.25, 0.3) is 0 Å². The molecule has 1 aromatic carbocycles. The first kappa shape index (κ1) is 15.4. The van der Waals surface area contributed by atoms with Crippen molar-refractivity contribution in [2.75, 3.05) is 13.1 Å². The number of hydrogen-bond donors (Lipinski definition) is 2. The second-order valence-electron chi connectivity index (χ2n) is 6.00. The molecule has 0 aliphatic carbocycles. The lowest BCUT2D eigenvalue weighted by atomic mass is 9.80. The zero-order valence-corrected chi connectivity index (χ0v) is 12.6. The smallest absolute Gasteiger partial charge is 0.317 e. The maximum absolute atomic E-state index is 12.1. The van der Waals surface area contributed by atoms with Crippen LogP contribution in [0.5, 0.6) is 0 Å². The number of piperidine rings is 1. The first-order valence-corrected chi connectivity index (χ1v) is 7.22. The van der Waals surface area contributed by atoms with Crippen LogP contribution in [0.3, 0.4) is 0 Å². The standard InChI is InChI=1S/C16H22N2O3/c1-12-4-3-5-13(10-12)11-17-15(21)18-8-6-16(2,7-9-18)14(19)20/h3-5,10H,6-9,11H2,1-2H3,(H,17,21)(H,19,20). The number of benzene rings is 1. The van der Waals surface area contributed by atoms with E-state index in [0.717, 1.165) is 11.1 Å². The molecule has 5 nitrogen and oxygen atoms in total. The van der Waals surface area contributed by atoms with E-state index < -0.39 is 11.4 Å². The van der Waals surface area contributed by atoms with Crippen LogP contribution < -0.4 is 5.32 Å². The van der Waals surface area contributed by atoms with E-state index in [2.05, 4.69) is 5.32 Å². The van der Waals surface area contributed by atoms with Crippen molar-refractivity contribution in [2.24, 2.45) is 5.41 Å². The topological polar surface area (TPSA) is 69.6 Å². The van der Waals surface area contributed by atoms with E-state index in [4.69, 9.17) is 0 Å². The highest BCUT2D eigenvalue weighted by Crippen LogP contribution is 2.30. The van der Waals surface area contributed by atoms with Crippen LogP contribution in [0.15, 0.2) is 24.3 Å². The van der Waals surface area contributed by atoms with E-state index in [1.165, 1.54) is 0 Å². The average molecular weight is 290 g/mol. The van der Waals surface area contributed by atoms with E-state index in [-0.39, 0.29) is 6.03 Å². The summed E-state index contributed by atoms with van der Waals surface area (Å²) in [6.07, 6.45) is 1.00. The summed E-state index contributed by atoms with van der Waals surface area (Å²) >= 11 is 0. The molecule has 0 unspecified atom stereocenters. The zero-order chi connectivity index (χ0) is 15.5. The highest BCUT2D eigenvalue weighted by molar-refractivity contribution is 5.77. The number of hydrogen-bond acceptors (Lipinski definition) is 2. The minimum absolute atomic E-state index is 0.121. The molecule has 0 bridgehead atoms. The molecule has 1 aliphatic rings. The molecule has 1 heterocycles. The molecule has 5 heteroatoms. The number of likely N-dealkylation sites (tertiary alicyclic amines) is 1. The first-order valence-electron chi connectivity index (χ1n) is 7.22. The van der Waals surface area contributed by atoms with Gasteiger partial charge in [0.1, 0.15) is 0 Å². The number of carboxylic acid groups (broad SMARTS) is 1. The molecule has 21 heavy (non-hydrogen) atoms. The van der Waals surface area contributed by atoms with Gasteiger partial charge in [-0.05, 0) is 32.3 Å². The molecule has 2 rings (SSSR count). The molecule has 0 radical (unpaired) electrons. The van der Waals surface area contributed by atoms with Gasteiger partial charge in [0.15, 0.2) is 0 Å². The Morgan fingerprint density at radius 2 is 2.00 bits per heavy atom. The van der Waals surface area contributed by atoms with Crippen LogP contribution in [0.2, 0.25) is 0 Å². The van der Waals surface area contributed by atoms with Crippen LogP contribution in [-0.2, 0) is 11.3 Å². The third-order valence-electron chi connectivity index (χ3n) is 4.20. The fourth-order valence-electron chi connectivity index (χ4n) is 2.53. The summed E-state index contributed by atoms with van der Waals surface area (Å²) < 4.78 is 0. The number of aryl methyl sites for hydroxylation is 1. The number of amides is 2. The normalized spacial score (nSPS) is 17.3. The number of aliphatic carboxylic acids is 1. The van der Waals surface area contributed by atoms with Crippen molar-refractivity contribution in [1.29, 1.82) is 0 Å². The fourth-order valence-corrected chi connectivity index (χ4v) is 2.53. The molecule has 1 fully saturated rings. The zero-order valence-electron chi connectivity index (χ0n) is 12.6. The molecule has 1 aliphatic heterocycles. The number of carboxylic acids is 1. The van der Waals surface area contributed by atoms with Gasteiger partial charge in [-0.15, -0.1) is 0 Å². The van der Waals surface area contributed by atoms with Gasteiger partial charge in [0, 0.05) is 19.6 Å². The number of carbonyl (C=O) groups excluding carboxylic acids is 1. The van der Waals surface area contributed by atoms with Gasteiger partial charge >= 0.3 is 12.0 Å². The molecule has 0 spiro atoms. The molecule has 0 saturated carbocycles. The van der Waals surface area contributed by atoms with Gasteiger partial charge in [-0.2, -0.15) is 0 Å². The van der Waals surface area contributed by atoms with Crippen LogP contribution in [0.1, 0.15) is 30.9 Å². The van der Waals surface area contributed by atoms with Gasteiger partial charge in [-0.25, -0.2) is 4.79 Å². The highest BCUT2D eigenvalue weighted by atomic mass is 16.4. The molecule has 2 amide bonds. The second kappa shape index (κ2) is 6.16. The summed E-state index contributed by atoms with van der Waals surface area (Å²) in [6.45, 7) is 5.23. The van der Waals surface area contributed by atoms with E-state index in [0.29, 0.717) is 32.5 Å². The number of urea groups is 1. The van der Waals surface area contributed by atoms with Crippen molar-refractivity contribution >= 4 is 12.0 Å². The molecule has 2 N–H and O–H groups in total. The molecular weight excluding hydrogens is 268 g/mol. The Balaban J connectivity index is 1.84. The van der Waals surface area contributed by atoms with Crippen molar-refractivity contribution in [2.45, 2.75) is 33.2 Å². The lowest BCUT2D eigenvalue weighted by Gasteiger charge is -2.36. The summed E-state index contributed by atoms with van der Waals surface area (Å²) in [5.41, 5.74) is 1.53. The third-order valence-corrected chi connectivity index (χ3v) is 4.20. The maximum atomic E-state index is 12.1. The highest BCUT2D eigenvalue weighted by Gasteiger charge is 2.37. The van der Waals surface area contributed by atoms with E-state index in [1.807, 2.05) is 31.2 Å². The van der Waals surface area contributed by atoms with Crippen LogP contribution in [-0.4, -0.2) is 35.1 Å². The third kappa shape index (κ3) is 3.74. The molecule has 0 atom stereocenters. The summed E-state index contributed by atoms with van der Waals surface area (Å²) in [4.78, 5) is 25.0. The number of nitrogens with one attached hydrogen (secondary N) is 1. The minimum atomic E-state index is -0.776. The van der Waals surface area contributed by atoms with Gasteiger partial charge < -0.3 is 15.3 Å². The van der Waals surface area contributed by atoms with Crippen molar-refractivity contribution in [3.8, 4) is 0 Å². The Labute approximate surface area is 125 Å². The van der Waals surface area contributed by atoms with Crippen LogP contribution >= 0.6 is 0 Å². The second-order valence-corrected chi connectivity index (χ2v) is 6.00. The van der Waals surface area contributed by atoms with E-state index in [1.54, 1.807) is 11.8 Å². The summed E-state index contributed by atoms with van der Waals surface area (Å²) in [5.74, 6) is -0.776. The molecule has 1 saturated heterocycles. The average Bonchev–Trinajstić information content (AvgIpc) is 2.45.